The Morgan fingerprint density at radius 3 is 2.74 bits per heavy atom. The lowest BCUT2D eigenvalue weighted by Crippen LogP contribution is -2.12. The smallest absolute Gasteiger partial charge is 0.255 e. The van der Waals surface area contributed by atoms with Crippen molar-refractivity contribution in [1.29, 1.82) is 0 Å². The SMILES string of the molecule is COc1ccc(-c2cn3cccnc3n2)cc1NC(=O)c1ccc(I)cc1. The molecule has 27 heavy (non-hydrogen) atoms. The minimum Gasteiger partial charge on any atom is -0.495 e. The highest BCUT2D eigenvalue weighted by molar-refractivity contribution is 14.1. The van der Waals surface area contributed by atoms with Crippen LogP contribution in [0.15, 0.2) is 67.1 Å². The zero-order valence-electron chi connectivity index (χ0n) is 14.4. The second-order valence-corrected chi connectivity index (χ2v) is 7.07. The summed E-state index contributed by atoms with van der Waals surface area (Å²) in [5, 5.41) is 2.92. The van der Waals surface area contributed by atoms with Crippen LogP contribution in [0, 0.1) is 3.57 Å². The van der Waals surface area contributed by atoms with Crippen LogP contribution in [0.3, 0.4) is 0 Å². The van der Waals surface area contributed by atoms with E-state index >= 15 is 0 Å². The molecule has 0 saturated carbocycles. The standard InChI is InChI=1S/C20H15IN4O2/c1-27-18-8-5-14(17-12-25-10-2-9-22-20(25)24-17)11-16(18)23-19(26)13-3-6-15(21)7-4-13/h2-12H,1H3,(H,23,26). The molecule has 0 unspecified atom stereocenters. The maximum atomic E-state index is 12.6. The van der Waals surface area contributed by atoms with Crippen LogP contribution in [0.2, 0.25) is 0 Å². The highest BCUT2D eigenvalue weighted by Crippen LogP contribution is 2.30. The molecule has 0 spiro atoms. The third-order valence-corrected chi connectivity index (χ3v) is 4.80. The summed E-state index contributed by atoms with van der Waals surface area (Å²) < 4.78 is 8.32. The monoisotopic (exact) mass is 470 g/mol. The molecular weight excluding hydrogens is 455 g/mol. The average Bonchev–Trinajstić information content (AvgIpc) is 3.12. The van der Waals surface area contributed by atoms with Gasteiger partial charge in [0.05, 0.1) is 18.5 Å². The van der Waals surface area contributed by atoms with E-state index in [9.17, 15) is 4.79 Å². The first-order chi connectivity index (χ1) is 13.1. The summed E-state index contributed by atoms with van der Waals surface area (Å²) in [4.78, 5) is 21.3. The number of anilines is 1. The summed E-state index contributed by atoms with van der Waals surface area (Å²) in [6.45, 7) is 0. The molecular formula is C20H15IN4O2. The second kappa shape index (κ2) is 7.36. The molecule has 0 fully saturated rings. The highest BCUT2D eigenvalue weighted by Gasteiger charge is 2.13. The fraction of sp³-hybridized carbons (Fsp3) is 0.0500. The van der Waals surface area contributed by atoms with Crippen molar-refractivity contribution in [2.45, 2.75) is 0 Å². The van der Waals surface area contributed by atoms with E-state index in [1.165, 1.54) is 0 Å². The minimum absolute atomic E-state index is 0.196. The maximum absolute atomic E-state index is 12.6. The zero-order chi connectivity index (χ0) is 18.8. The molecule has 0 aliphatic heterocycles. The van der Waals surface area contributed by atoms with E-state index in [0.717, 1.165) is 14.8 Å². The van der Waals surface area contributed by atoms with Crippen molar-refractivity contribution in [2.75, 3.05) is 12.4 Å². The normalized spacial score (nSPS) is 10.7. The first-order valence-electron chi connectivity index (χ1n) is 8.19. The van der Waals surface area contributed by atoms with Gasteiger partial charge in [-0.05, 0) is 71.1 Å². The molecule has 1 amide bonds. The Hall–Kier alpha value is -2.94. The molecule has 134 valence electrons. The molecule has 4 rings (SSSR count). The van der Waals surface area contributed by atoms with E-state index in [2.05, 4.69) is 37.9 Å². The van der Waals surface area contributed by atoms with Crippen LogP contribution >= 0.6 is 22.6 Å². The molecule has 0 radical (unpaired) electrons. The van der Waals surface area contributed by atoms with E-state index in [1.54, 1.807) is 25.4 Å². The number of halogens is 1. The van der Waals surface area contributed by atoms with Gasteiger partial charge in [0.1, 0.15) is 5.75 Å². The number of methoxy groups -OCH3 is 1. The van der Waals surface area contributed by atoms with Crippen LogP contribution < -0.4 is 10.1 Å². The Morgan fingerprint density at radius 1 is 1.19 bits per heavy atom. The van der Waals surface area contributed by atoms with Gasteiger partial charge in [-0.3, -0.25) is 9.20 Å². The van der Waals surface area contributed by atoms with Crippen LogP contribution in [0.25, 0.3) is 17.0 Å². The van der Waals surface area contributed by atoms with Gasteiger partial charge in [-0.25, -0.2) is 9.97 Å². The molecule has 0 saturated heterocycles. The van der Waals surface area contributed by atoms with Gasteiger partial charge in [0.25, 0.3) is 5.91 Å². The number of amides is 1. The molecule has 0 atom stereocenters. The van der Waals surface area contributed by atoms with Gasteiger partial charge < -0.3 is 10.1 Å². The van der Waals surface area contributed by atoms with Crippen molar-refractivity contribution < 1.29 is 9.53 Å². The van der Waals surface area contributed by atoms with Crippen molar-refractivity contribution >= 4 is 40.0 Å². The molecule has 0 bridgehead atoms. The maximum Gasteiger partial charge on any atom is 0.255 e. The number of aromatic nitrogens is 3. The summed E-state index contributed by atoms with van der Waals surface area (Å²) >= 11 is 2.21. The van der Waals surface area contributed by atoms with Crippen molar-refractivity contribution in [3.8, 4) is 17.0 Å². The number of rotatable bonds is 4. The lowest BCUT2D eigenvalue weighted by molar-refractivity contribution is 0.102. The molecule has 2 aromatic heterocycles. The van der Waals surface area contributed by atoms with Crippen LogP contribution in [0.4, 0.5) is 5.69 Å². The summed E-state index contributed by atoms with van der Waals surface area (Å²) in [6, 6.07) is 14.8. The van der Waals surface area contributed by atoms with E-state index < -0.39 is 0 Å². The molecule has 4 aromatic rings. The van der Waals surface area contributed by atoms with Crippen molar-refractivity contribution in [2.24, 2.45) is 0 Å². The Kier molecular flexibility index (Phi) is 4.76. The van der Waals surface area contributed by atoms with Gasteiger partial charge in [-0.1, -0.05) is 0 Å². The lowest BCUT2D eigenvalue weighted by Gasteiger charge is -2.11. The predicted molar refractivity (Wildman–Crippen MR) is 112 cm³/mol. The molecule has 7 heteroatoms. The van der Waals surface area contributed by atoms with Gasteiger partial charge in [0.2, 0.25) is 5.78 Å². The van der Waals surface area contributed by atoms with Crippen LogP contribution in [-0.4, -0.2) is 27.4 Å². The molecule has 6 nitrogen and oxygen atoms in total. The van der Waals surface area contributed by atoms with Gasteiger partial charge in [-0.2, -0.15) is 0 Å². The van der Waals surface area contributed by atoms with E-state index in [4.69, 9.17) is 4.74 Å². The lowest BCUT2D eigenvalue weighted by atomic mass is 10.1. The summed E-state index contributed by atoms with van der Waals surface area (Å²) in [7, 11) is 1.57. The average molecular weight is 470 g/mol. The fourth-order valence-corrected chi connectivity index (χ4v) is 3.09. The Balaban J connectivity index is 1.68. The summed E-state index contributed by atoms with van der Waals surface area (Å²) in [6.07, 6.45) is 5.49. The number of fused-ring (bicyclic) bond motifs is 1. The largest absolute Gasteiger partial charge is 0.495 e. The topological polar surface area (TPSA) is 68.5 Å². The van der Waals surface area contributed by atoms with Crippen molar-refractivity contribution in [3.05, 3.63) is 76.3 Å². The molecule has 2 aromatic carbocycles. The molecule has 0 aliphatic rings. The Bertz CT molecular complexity index is 1090. The third-order valence-electron chi connectivity index (χ3n) is 4.09. The number of hydrogen-bond donors (Lipinski definition) is 1. The molecule has 0 aliphatic carbocycles. The second-order valence-electron chi connectivity index (χ2n) is 5.83. The van der Waals surface area contributed by atoms with Gasteiger partial charge in [0, 0.05) is 33.3 Å². The Morgan fingerprint density at radius 2 is 2.00 bits per heavy atom. The predicted octanol–water partition coefficient (Wildman–Crippen LogP) is 4.26. The van der Waals surface area contributed by atoms with Gasteiger partial charge in [-0.15, -0.1) is 0 Å². The van der Waals surface area contributed by atoms with Crippen molar-refractivity contribution in [3.63, 3.8) is 0 Å². The molecule has 1 N–H and O–H groups in total. The van der Waals surface area contributed by atoms with Crippen LogP contribution in [0.5, 0.6) is 5.75 Å². The van der Waals surface area contributed by atoms with E-state index in [1.807, 2.05) is 53.2 Å². The zero-order valence-corrected chi connectivity index (χ0v) is 16.5. The number of benzene rings is 2. The fourth-order valence-electron chi connectivity index (χ4n) is 2.73. The number of carbonyl (C=O) groups excluding carboxylic acids is 1. The number of ether oxygens (including phenoxy) is 1. The first kappa shape index (κ1) is 17.5. The summed E-state index contributed by atoms with van der Waals surface area (Å²) in [5.41, 5.74) is 2.80. The Labute approximate surface area is 169 Å². The first-order valence-corrected chi connectivity index (χ1v) is 9.27. The van der Waals surface area contributed by atoms with Crippen LogP contribution in [0.1, 0.15) is 10.4 Å². The highest BCUT2D eigenvalue weighted by atomic mass is 127. The number of carbonyl (C=O) groups is 1. The summed E-state index contributed by atoms with van der Waals surface area (Å²) in [5.74, 6) is 1.01. The van der Waals surface area contributed by atoms with Crippen LogP contribution in [-0.2, 0) is 0 Å². The number of hydrogen-bond acceptors (Lipinski definition) is 4. The number of imidazole rings is 1. The minimum atomic E-state index is -0.196. The van der Waals surface area contributed by atoms with E-state index in [-0.39, 0.29) is 5.91 Å². The number of nitrogens with zero attached hydrogens (tertiary/aromatic N) is 3. The third kappa shape index (κ3) is 3.63. The quantitative estimate of drug-likeness (QED) is 0.453. The van der Waals surface area contributed by atoms with Crippen molar-refractivity contribution in [1.82, 2.24) is 14.4 Å². The van der Waals surface area contributed by atoms with Gasteiger partial charge >= 0.3 is 0 Å². The number of nitrogens with one attached hydrogen (secondary N) is 1. The van der Waals surface area contributed by atoms with E-state index in [0.29, 0.717) is 22.8 Å². The molecule has 2 heterocycles. The van der Waals surface area contributed by atoms with Gasteiger partial charge in [0.15, 0.2) is 0 Å².